The average molecular weight is 335 g/mol. The van der Waals surface area contributed by atoms with Gasteiger partial charge in [0.05, 0.1) is 18.7 Å². The number of hydrogen-bond donors (Lipinski definition) is 1. The van der Waals surface area contributed by atoms with Gasteiger partial charge in [-0.2, -0.15) is 0 Å². The van der Waals surface area contributed by atoms with E-state index in [1.54, 1.807) is 20.1 Å². The monoisotopic (exact) mass is 335 g/mol. The molecule has 0 unspecified atom stereocenters. The summed E-state index contributed by atoms with van der Waals surface area (Å²) in [5.41, 5.74) is 2.56. The smallest absolute Gasteiger partial charge is 0.255 e. The summed E-state index contributed by atoms with van der Waals surface area (Å²) in [4.78, 5) is 12.8. The van der Waals surface area contributed by atoms with Crippen LogP contribution in [0.5, 0.6) is 5.75 Å². The van der Waals surface area contributed by atoms with Gasteiger partial charge in [-0.3, -0.25) is 4.79 Å². The van der Waals surface area contributed by atoms with Gasteiger partial charge in [0.1, 0.15) is 17.3 Å². The first-order valence-corrected chi connectivity index (χ1v) is 8.15. The number of benzene rings is 2. The van der Waals surface area contributed by atoms with Crippen LogP contribution in [0.4, 0.5) is 0 Å². The number of rotatable bonds is 5. The van der Waals surface area contributed by atoms with Crippen LogP contribution >= 0.6 is 0 Å². The predicted molar refractivity (Wildman–Crippen MR) is 96.9 cm³/mol. The summed E-state index contributed by atoms with van der Waals surface area (Å²) in [5, 5.41) is 3.12. The Bertz CT molecular complexity index is 851. The zero-order chi connectivity index (χ0) is 17.8. The van der Waals surface area contributed by atoms with Crippen molar-refractivity contribution in [1.82, 2.24) is 5.32 Å². The maximum atomic E-state index is 12.8. The van der Waals surface area contributed by atoms with Crippen molar-refractivity contribution in [2.75, 3.05) is 7.11 Å². The zero-order valence-corrected chi connectivity index (χ0v) is 14.6. The van der Waals surface area contributed by atoms with Crippen LogP contribution in [0.3, 0.4) is 0 Å². The van der Waals surface area contributed by atoms with Crippen molar-refractivity contribution in [3.8, 4) is 5.75 Å². The summed E-state index contributed by atoms with van der Waals surface area (Å²) in [7, 11) is 1.63. The molecular weight excluding hydrogens is 314 g/mol. The van der Waals surface area contributed by atoms with Gasteiger partial charge in [-0.25, -0.2) is 0 Å². The molecule has 0 aliphatic rings. The van der Waals surface area contributed by atoms with Gasteiger partial charge in [-0.15, -0.1) is 0 Å². The van der Waals surface area contributed by atoms with Crippen molar-refractivity contribution in [3.05, 3.63) is 88.9 Å². The first-order chi connectivity index (χ1) is 12.1. The molecule has 1 heterocycles. The Morgan fingerprint density at radius 3 is 2.20 bits per heavy atom. The second-order valence-corrected chi connectivity index (χ2v) is 5.92. The molecule has 1 amide bonds. The van der Waals surface area contributed by atoms with Crippen LogP contribution in [-0.4, -0.2) is 13.0 Å². The molecule has 3 rings (SSSR count). The van der Waals surface area contributed by atoms with Gasteiger partial charge >= 0.3 is 0 Å². The van der Waals surface area contributed by atoms with Crippen LogP contribution in [-0.2, 0) is 0 Å². The molecule has 1 aromatic heterocycles. The summed E-state index contributed by atoms with van der Waals surface area (Å²) in [6, 6.07) is 19.1. The Balaban J connectivity index is 1.93. The molecule has 0 fully saturated rings. The highest BCUT2D eigenvalue weighted by atomic mass is 16.5. The molecule has 4 nitrogen and oxygen atoms in total. The Labute approximate surface area is 147 Å². The van der Waals surface area contributed by atoms with E-state index < -0.39 is 0 Å². The molecule has 1 N–H and O–H groups in total. The predicted octanol–water partition coefficient (Wildman–Crippen LogP) is 4.42. The summed E-state index contributed by atoms with van der Waals surface area (Å²) in [5.74, 6) is 1.97. The molecule has 0 aliphatic carbocycles. The third kappa shape index (κ3) is 3.74. The number of methoxy groups -OCH3 is 1. The van der Waals surface area contributed by atoms with Gasteiger partial charge in [0.15, 0.2) is 0 Å². The Morgan fingerprint density at radius 2 is 1.64 bits per heavy atom. The van der Waals surface area contributed by atoms with Gasteiger partial charge in [-0.05, 0) is 43.2 Å². The third-order valence-corrected chi connectivity index (χ3v) is 4.14. The van der Waals surface area contributed by atoms with Gasteiger partial charge in [-0.1, -0.05) is 42.5 Å². The highest BCUT2D eigenvalue weighted by molar-refractivity contribution is 5.95. The lowest BCUT2D eigenvalue weighted by Crippen LogP contribution is -2.29. The normalized spacial score (nSPS) is 11.8. The van der Waals surface area contributed by atoms with Crippen molar-refractivity contribution in [1.29, 1.82) is 0 Å². The van der Waals surface area contributed by atoms with E-state index in [9.17, 15) is 4.79 Å². The van der Waals surface area contributed by atoms with Crippen LogP contribution in [0.25, 0.3) is 0 Å². The van der Waals surface area contributed by atoms with Crippen molar-refractivity contribution < 1.29 is 13.9 Å². The van der Waals surface area contributed by atoms with Crippen molar-refractivity contribution in [3.63, 3.8) is 0 Å². The maximum Gasteiger partial charge on any atom is 0.255 e. The first kappa shape index (κ1) is 16.8. The van der Waals surface area contributed by atoms with Crippen molar-refractivity contribution in [2.45, 2.75) is 19.9 Å². The van der Waals surface area contributed by atoms with Gasteiger partial charge < -0.3 is 14.5 Å². The third-order valence-electron chi connectivity index (χ3n) is 4.14. The maximum absolute atomic E-state index is 12.8. The van der Waals surface area contributed by atoms with Crippen LogP contribution in [0.1, 0.15) is 39.0 Å². The number of hydrogen-bond acceptors (Lipinski definition) is 3. The highest BCUT2D eigenvalue weighted by Gasteiger charge is 2.20. The number of carbonyl (C=O) groups excluding carboxylic acids is 1. The zero-order valence-electron chi connectivity index (χ0n) is 14.6. The van der Waals surface area contributed by atoms with Crippen molar-refractivity contribution in [2.24, 2.45) is 0 Å². The molecule has 0 saturated carbocycles. The number of amides is 1. The molecule has 1 atom stereocenters. The second kappa shape index (κ2) is 7.26. The number of ether oxygens (including phenoxy) is 1. The lowest BCUT2D eigenvalue weighted by molar-refractivity contribution is 0.0941. The number of furan rings is 1. The fourth-order valence-electron chi connectivity index (χ4n) is 2.87. The molecule has 0 aliphatic heterocycles. The Kier molecular flexibility index (Phi) is 4.89. The highest BCUT2D eigenvalue weighted by Crippen LogP contribution is 2.25. The van der Waals surface area contributed by atoms with E-state index in [-0.39, 0.29) is 11.9 Å². The molecule has 25 heavy (non-hydrogen) atoms. The first-order valence-electron chi connectivity index (χ1n) is 8.15. The molecule has 0 saturated heterocycles. The number of nitrogens with one attached hydrogen (secondary N) is 1. The second-order valence-electron chi connectivity index (χ2n) is 5.92. The topological polar surface area (TPSA) is 51.5 Å². The summed E-state index contributed by atoms with van der Waals surface area (Å²) >= 11 is 0. The number of carbonyl (C=O) groups is 1. The molecule has 0 bridgehead atoms. The lowest BCUT2D eigenvalue weighted by Gasteiger charge is -2.20. The van der Waals surface area contributed by atoms with E-state index in [1.165, 1.54) is 0 Å². The Morgan fingerprint density at radius 1 is 1.00 bits per heavy atom. The summed E-state index contributed by atoms with van der Waals surface area (Å²) in [6.45, 7) is 3.63. The van der Waals surface area contributed by atoms with Crippen LogP contribution in [0.15, 0.2) is 65.1 Å². The molecule has 0 radical (unpaired) electrons. The molecule has 2 aromatic carbocycles. The SMILES string of the molecule is COc1ccc([C@@H](NC(=O)c2cc(C)oc2C)c2ccccc2)cc1. The standard InChI is InChI=1S/C21H21NO3/c1-14-13-19(15(2)25-14)21(23)22-20(16-7-5-4-6-8-16)17-9-11-18(24-3)12-10-17/h4-13,20H,1-3H3,(H,22,23)/t20-/m0/s1. The molecule has 3 aromatic rings. The van der Waals surface area contributed by atoms with E-state index in [0.717, 1.165) is 22.6 Å². The van der Waals surface area contributed by atoms with E-state index in [1.807, 2.05) is 61.5 Å². The van der Waals surface area contributed by atoms with E-state index >= 15 is 0 Å². The Hall–Kier alpha value is -3.01. The van der Waals surface area contributed by atoms with Crippen LogP contribution < -0.4 is 10.1 Å². The lowest BCUT2D eigenvalue weighted by atomic mass is 9.98. The van der Waals surface area contributed by atoms with Gasteiger partial charge in [0.25, 0.3) is 5.91 Å². The quantitative estimate of drug-likeness (QED) is 0.751. The van der Waals surface area contributed by atoms with Gasteiger partial charge in [0, 0.05) is 0 Å². The molecule has 0 spiro atoms. The summed E-state index contributed by atoms with van der Waals surface area (Å²) < 4.78 is 10.7. The van der Waals surface area contributed by atoms with Gasteiger partial charge in [0.2, 0.25) is 0 Å². The van der Waals surface area contributed by atoms with Crippen LogP contribution in [0, 0.1) is 13.8 Å². The van der Waals surface area contributed by atoms with Crippen molar-refractivity contribution >= 4 is 5.91 Å². The minimum absolute atomic E-state index is 0.154. The van der Waals surface area contributed by atoms with E-state index in [0.29, 0.717) is 11.3 Å². The minimum atomic E-state index is -0.255. The largest absolute Gasteiger partial charge is 0.497 e. The van der Waals surface area contributed by atoms with E-state index in [2.05, 4.69) is 5.32 Å². The number of aryl methyl sites for hydroxylation is 2. The molecular formula is C21H21NO3. The molecule has 4 heteroatoms. The average Bonchev–Trinajstić information content (AvgIpc) is 2.99. The minimum Gasteiger partial charge on any atom is -0.497 e. The fraction of sp³-hybridized carbons (Fsp3) is 0.190. The van der Waals surface area contributed by atoms with Crippen LogP contribution in [0.2, 0.25) is 0 Å². The summed E-state index contributed by atoms with van der Waals surface area (Å²) in [6.07, 6.45) is 0. The van der Waals surface area contributed by atoms with E-state index in [4.69, 9.17) is 9.15 Å². The molecule has 128 valence electrons. The fourth-order valence-corrected chi connectivity index (χ4v) is 2.87.